The molecule has 6 N–H and O–H groups in total. The number of aromatic nitrogens is 1. The Morgan fingerprint density at radius 2 is 1.90 bits per heavy atom. The maximum absolute atomic E-state index is 13.4. The fraction of sp³-hybridized carbons (Fsp3) is 0.143. The van der Waals surface area contributed by atoms with Crippen LogP contribution < -0.4 is 21.9 Å². The molecule has 0 aliphatic heterocycles. The van der Waals surface area contributed by atoms with Gasteiger partial charge in [0.05, 0.1) is 24.0 Å². The van der Waals surface area contributed by atoms with E-state index in [4.69, 9.17) is 21.9 Å². The zero-order chi connectivity index (χ0) is 22.5. The Morgan fingerprint density at radius 3 is 2.40 bits per heavy atom. The van der Waals surface area contributed by atoms with Gasteiger partial charge in [0.15, 0.2) is 0 Å². The summed E-state index contributed by atoms with van der Waals surface area (Å²) in [4.78, 5) is 8.03. The maximum Gasteiger partial charge on any atom is 0.416 e. The average molecular weight is 415 g/mol. The third kappa shape index (κ3) is 5.78. The molecule has 2 aromatic rings. The van der Waals surface area contributed by atoms with Crippen molar-refractivity contribution in [3.05, 3.63) is 76.9 Å². The van der Waals surface area contributed by atoms with Gasteiger partial charge in [0, 0.05) is 23.0 Å². The van der Waals surface area contributed by atoms with Crippen molar-refractivity contribution in [2.45, 2.75) is 13.1 Å². The van der Waals surface area contributed by atoms with Crippen LogP contribution in [-0.2, 0) is 6.18 Å². The molecule has 30 heavy (non-hydrogen) atoms. The van der Waals surface area contributed by atoms with Gasteiger partial charge in [-0.2, -0.15) is 13.2 Å². The molecule has 0 amide bonds. The molecule has 1 aromatic carbocycles. The number of halogens is 3. The largest absolute Gasteiger partial charge is 0.497 e. The first-order valence-electron chi connectivity index (χ1n) is 8.51. The van der Waals surface area contributed by atoms with E-state index in [1.165, 1.54) is 19.4 Å². The molecule has 2 rings (SSSR count). The standard InChI is InChI=1S/C21H20F3N5O/c1-12(25)18(6-4-14-5-7-19(27)28-11-14)20(29-13(2)26)15-8-16(21(22,23)24)10-17(9-15)30-3/h5,7-11H,2,25-26H2,1,3H3,(H2,27,28)/b18-12-,29-20?. The Bertz CT molecular complexity index is 1070. The molecule has 0 spiro atoms. The first kappa shape index (κ1) is 22.4. The minimum atomic E-state index is -4.60. The van der Waals surface area contributed by atoms with E-state index < -0.39 is 11.7 Å². The van der Waals surface area contributed by atoms with Crippen molar-refractivity contribution in [3.8, 4) is 17.6 Å². The monoisotopic (exact) mass is 415 g/mol. The van der Waals surface area contributed by atoms with Gasteiger partial charge in [0.2, 0.25) is 0 Å². The lowest BCUT2D eigenvalue weighted by Crippen LogP contribution is -2.14. The minimum Gasteiger partial charge on any atom is -0.497 e. The second-order valence-electron chi connectivity index (χ2n) is 6.18. The van der Waals surface area contributed by atoms with Crippen LogP contribution in [0.4, 0.5) is 19.0 Å². The number of pyridine rings is 1. The van der Waals surface area contributed by atoms with E-state index in [1.54, 1.807) is 19.1 Å². The molecular weight excluding hydrogens is 395 g/mol. The highest BCUT2D eigenvalue weighted by Gasteiger charge is 2.32. The molecule has 0 unspecified atom stereocenters. The van der Waals surface area contributed by atoms with Gasteiger partial charge >= 0.3 is 6.18 Å². The lowest BCUT2D eigenvalue weighted by Gasteiger charge is -2.14. The molecule has 0 radical (unpaired) electrons. The van der Waals surface area contributed by atoms with Crippen LogP contribution in [0.1, 0.15) is 23.6 Å². The highest BCUT2D eigenvalue weighted by Crippen LogP contribution is 2.33. The fourth-order valence-electron chi connectivity index (χ4n) is 2.38. The van der Waals surface area contributed by atoms with Crippen molar-refractivity contribution in [3.63, 3.8) is 0 Å². The fourth-order valence-corrected chi connectivity index (χ4v) is 2.38. The number of methoxy groups -OCH3 is 1. The number of allylic oxidation sites excluding steroid dienone is 2. The van der Waals surface area contributed by atoms with Gasteiger partial charge in [-0.05, 0) is 37.3 Å². The predicted octanol–water partition coefficient (Wildman–Crippen LogP) is 3.19. The Labute approximate surface area is 172 Å². The van der Waals surface area contributed by atoms with Crippen molar-refractivity contribution in [2.24, 2.45) is 16.5 Å². The number of nitrogen functional groups attached to an aromatic ring is 1. The smallest absolute Gasteiger partial charge is 0.416 e. The van der Waals surface area contributed by atoms with Crippen molar-refractivity contribution >= 4 is 11.5 Å². The van der Waals surface area contributed by atoms with Crippen LogP contribution >= 0.6 is 0 Å². The van der Waals surface area contributed by atoms with Crippen LogP contribution in [0.25, 0.3) is 0 Å². The summed E-state index contributed by atoms with van der Waals surface area (Å²) in [5.41, 5.74) is 17.2. The van der Waals surface area contributed by atoms with Gasteiger partial charge in [-0.1, -0.05) is 18.4 Å². The molecule has 1 aromatic heterocycles. The highest BCUT2D eigenvalue weighted by atomic mass is 19.4. The lowest BCUT2D eigenvalue weighted by atomic mass is 9.98. The minimum absolute atomic E-state index is 0.0140. The van der Waals surface area contributed by atoms with E-state index in [9.17, 15) is 13.2 Å². The van der Waals surface area contributed by atoms with Gasteiger partial charge in [0.25, 0.3) is 0 Å². The Balaban J connectivity index is 2.68. The first-order valence-corrected chi connectivity index (χ1v) is 8.51. The zero-order valence-electron chi connectivity index (χ0n) is 16.3. The lowest BCUT2D eigenvalue weighted by molar-refractivity contribution is -0.137. The number of ether oxygens (including phenoxy) is 1. The topological polar surface area (TPSA) is 113 Å². The molecule has 0 atom stereocenters. The van der Waals surface area contributed by atoms with E-state index in [0.29, 0.717) is 11.4 Å². The van der Waals surface area contributed by atoms with Crippen LogP contribution in [-0.4, -0.2) is 17.8 Å². The summed E-state index contributed by atoms with van der Waals surface area (Å²) >= 11 is 0. The van der Waals surface area contributed by atoms with Crippen LogP contribution in [0.15, 0.2) is 65.2 Å². The van der Waals surface area contributed by atoms with Gasteiger partial charge in [0.1, 0.15) is 17.4 Å². The zero-order valence-corrected chi connectivity index (χ0v) is 16.3. The number of aliphatic imine (C=N–C) groups is 1. The SMILES string of the molecule is C=C(N)N=C(/C(C#Cc1ccc(N)nc1)=C(/C)N)c1cc(OC)cc(C(F)(F)F)c1. The molecule has 0 saturated heterocycles. The number of nitrogens with zero attached hydrogens (tertiary/aromatic N) is 2. The summed E-state index contributed by atoms with van der Waals surface area (Å²) in [6.07, 6.45) is -3.14. The molecular formula is C21H20F3N5O. The van der Waals surface area contributed by atoms with Crippen LogP contribution in [0.5, 0.6) is 5.75 Å². The first-order chi connectivity index (χ1) is 14.0. The van der Waals surface area contributed by atoms with Crippen LogP contribution in [0, 0.1) is 11.8 Å². The van der Waals surface area contributed by atoms with E-state index in [0.717, 1.165) is 12.1 Å². The number of alkyl halides is 3. The number of anilines is 1. The Hall–Kier alpha value is -3.93. The average Bonchev–Trinajstić information content (AvgIpc) is 2.67. The van der Waals surface area contributed by atoms with Crippen LogP contribution in [0.2, 0.25) is 0 Å². The number of hydrogen-bond acceptors (Lipinski definition) is 6. The number of rotatable bonds is 4. The van der Waals surface area contributed by atoms with Crippen molar-refractivity contribution < 1.29 is 17.9 Å². The second kappa shape index (κ2) is 9.05. The molecule has 0 fully saturated rings. The van der Waals surface area contributed by atoms with E-state index in [-0.39, 0.29) is 34.1 Å². The molecule has 156 valence electrons. The summed E-state index contributed by atoms with van der Waals surface area (Å²) in [5.74, 6) is 5.85. The molecule has 6 nitrogen and oxygen atoms in total. The van der Waals surface area contributed by atoms with Crippen molar-refractivity contribution in [2.75, 3.05) is 12.8 Å². The number of nitrogens with two attached hydrogens (primary N) is 3. The number of hydrogen-bond donors (Lipinski definition) is 3. The van der Waals surface area contributed by atoms with Gasteiger partial charge in [-0.3, -0.25) is 0 Å². The Morgan fingerprint density at radius 1 is 1.20 bits per heavy atom. The van der Waals surface area contributed by atoms with Crippen molar-refractivity contribution in [1.82, 2.24) is 4.98 Å². The molecule has 0 bridgehead atoms. The molecule has 0 aliphatic rings. The summed E-state index contributed by atoms with van der Waals surface area (Å²) in [6.45, 7) is 5.05. The molecule has 0 saturated carbocycles. The quantitative estimate of drug-likeness (QED) is 0.524. The van der Waals surface area contributed by atoms with E-state index in [1.807, 2.05) is 0 Å². The van der Waals surface area contributed by atoms with Gasteiger partial charge in [-0.25, -0.2) is 9.98 Å². The molecule has 0 aliphatic carbocycles. The maximum atomic E-state index is 13.4. The van der Waals surface area contributed by atoms with Crippen molar-refractivity contribution in [1.29, 1.82) is 0 Å². The number of benzene rings is 1. The van der Waals surface area contributed by atoms with Gasteiger partial charge in [-0.15, -0.1) is 0 Å². The summed E-state index contributed by atoms with van der Waals surface area (Å²) in [6, 6.07) is 6.39. The predicted molar refractivity (Wildman–Crippen MR) is 110 cm³/mol. The molecule has 9 heteroatoms. The summed E-state index contributed by atoms with van der Waals surface area (Å²) in [7, 11) is 1.26. The highest BCUT2D eigenvalue weighted by molar-refractivity contribution is 6.16. The third-order valence-electron chi connectivity index (χ3n) is 3.75. The normalized spacial score (nSPS) is 12.5. The summed E-state index contributed by atoms with van der Waals surface area (Å²) < 4.78 is 45.1. The second-order valence-corrected chi connectivity index (χ2v) is 6.18. The summed E-state index contributed by atoms with van der Waals surface area (Å²) in [5, 5.41) is 0. The van der Waals surface area contributed by atoms with Crippen LogP contribution in [0.3, 0.4) is 0 Å². The van der Waals surface area contributed by atoms with Gasteiger partial charge < -0.3 is 21.9 Å². The molecule has 1 heterocycles. The van der Waals surface area contributed by atoms with E-state index >= 15 is 0 Å². The third-order valence-corrected chi connectivity index (χ3v) is 3.75. The van der Waals surface area contributed by atoms with E-state index in [2.05, 4.69) is 28.4 Å². The Kier molecular flexibility index (Phi) is 6.74.